The van der Waals surface area contributed by atoms with Gasteiger partial charge in [0.25, 0.3) is 0 Å². The third-order valence-corrected chi connectivity index (χ3v) is 5.01. The first kappa shape index (κ1) is 16.7. The van der Waals surface area contributed by atoms with Crippen LogP contribution in [-0.4, -0.2) is 17.5 Å². The van der Waals surface area contributed by atoms with Crippen molar-refractivity contribution in [2.24, 2.45) is 0 Å². The van der Waals surface area contributed by atoms with Gasteiger partial charge in [0.2, 0.25) is 0 Å². The Morgan fingerprint density at radius 2 is 1.83 bits per heavy atom. The second-order valence-electron chi connectivity index (χ2n) is 6.88. The number of rotatable bonds is 3. The third kappa shape index (κ3) is 3.51. The zero-order chi connectivity index (χ0) is 17.3. The lowest BCUT2D eigenvalue weighted by Crippen LogP contribution is -2.27. The van der Waals surface area contributed by atoms with Gasteiger partial charge in [0.05, 0.1) is 5.56 Å². The molecule has 24 heavy (non-hydrogen) atoms. The standard InChI is InChI=1S/C19H21NO3S/c1-19(2,3)23-18(22)20-17-15(13-10-7-11-14(13)24-17)16(21)12-8-5-4-6-9-12/h4-6,8-9H,7,10-11H2,1-3H3,(H,20,22). The number of benzene rings is 1. The Kier molecular flexibility index (Phi) is 4.45. The van der Waals surface area contributed by atoms with Crippen molar-refractivity contribution in [2.75, 3.05) is 5.32 Å². The normalized spacial score (nSPS) is 13.5. The van der Waals surface area contributed by atoms with Crippen molar-refractivity contribution in [3.05, 3.63) is 51.9 Å². The third-order valence-electron chi connectivity index (χ3n) is 3.80. The monoisotopic (exact) mass is 343 g/mol. The lowest BCUT2D eigenvalue weighted by Gasteiger charge is -2.19. The van der Waals surface area contributed by atoms with Crippen LogP contribution in [0.3, 0.4) is 0 Å². The summed E-state index contributed by atoms with van der Waals surface area (Å²) in [5.41, 5.74) is 1.77. The van der Waals surface area contributed by atoms with Crippen molar-refractivity contribution < 1.29 is 14.3 Å². The lowest BCUT2D eigenvalue weighted by atomic mass is 10.0. The molecule has 0 aliphatic heterocycles. The first-order chi connectivity index (χ1) is 11.3. The van der Waals surface area contributed by atoms with Crippen molar-refractivity contribution >= 4 is 28.2 Å². The van der Waals surface area contributed by atoms with Crippen LogP contribution in [0.4, 0.5) is 9.80 Å². The predicted molar refractivity (Wildman–Crippen MR) is 96.1 cm³/mol. The summed E-state index contributed by atoms with van der Waals surface area (Å²) in [7, 11) is 0. The maximum Gasteiger partial charge on any atom is 0.412 e. The van der Waals surface area contributed by atoms with Gasteiger partial charge in [0.1, 0.15) is 10.6 Å². The Labute approximate surface area is 145 Å². The molecule has 126 valence electrons. The number of ketones is 1. The van der Waals surface area contributed by atoms with Gasteiger partial charge in [-0.3, -0.25) is 10.1 Å². The predicted octanol–water partition coefficient (Wildman–Crippen LogP) is 4.81. The Morgan fingerprint density at radius 3 is 2.50 bits per heavy atom. The molecule has 0 saturated heterocycles. The fourth-order valence-electron chi connectivity index (χ4n) is 2.86. The van der Waals surface area contributed by atoms with Crippen LogP contribution in [-0.2, 0) is 17.6 Å². The molecule has 0 atom stereocenters. The fraction of sp³-hybridized carbons (Fsp3) is 0.368. The number of ether oxygens (including phenoxy) is 1. The van der Waals surface area contributed by atoms with E-state index in [2.05, 4.69) is 5.32 Å². The number of hydrogen-bond donors (Lipinski definition) is 1. The van der Waals surface area contributed by atoms with E-state index in [-0.39, 0.29) is 5.78 Å². The molecule has 3 rings (SSSR count). The number of anilines is 1. The van der Waals surface area contributed by atoms with Gasteiger partial charge in [0, 0.05) is 10.4 Å². The molecule has 0 spiro atoms. The van der Waals surface area contributed by atoms with Crippen molar-refractivity contribution in [2.45, 2.75) is 45.6 Å². The van der Waals surface area contributed by atoms with Crippen LogP contribution in [0.15, 0.2) is 30.3 Å². The minimum atomic E-state index is -0.576. The SMILES string of the molecule is CC(C)(C)OC(=O)Nc1sc2c(c1C(=O)c1ccccc1)CCC2. The van der Waals surface area contributed by atoms with Gasteiger partial charge in [0.15, 0.2) is 5.78 Å². The van der Waals surface area contributed by atoms with Crippen LogP contribution in [0.2, 0.25) is 0 Å². The Morgan fingerprint density at radius 1 is 1.12 bits per heavy atom. The fourth-order valence-corrected chi connectivity index (χ4v) is 4.14. The number of fused-ring (bicyclic) bond motifs is 1. The average Bonchev–Trinajstić information content (AvgIpc) is 3.06. The Bertz CT molecular complexity index is 772. The molecule has 1 aromatic heterocycles. The van der Waals surface area contributed by atoms with Gasteiger partial charge in [-0.25, -0.2) is 4.79 Å². The zero-order valence-corrected chi connectivity index (χ0v) is 15.0. The molecule has 0 radical (unpaired) electrons. The van der Waals surface area contributed by atoms with Crippen LogP contribution in [0.1, 0.15) is 53.6 Å². The van der Waals surface area contributed by atoms with Gasteiger partial charge >= 0.3 is 6.09 Å². The van der Waals surface area contributed by atoms with E-state index in [0.717, 1.165) is 24.8 Å². The first-order valence-corrected chi connectivity index (χ1v) is 8.91. The molecule has 0 fully saturated rings. The summed E-state index contributed by atoms with van der Waals surface area (Å²) in [6, 6.07) is 9.19. The van der Waals surface area contributed by atoms with Gasteiger partial charge in [-0.05, 0) is 45.6 Å². The van der Waals surface area contributed by atoms with Crippen LogP contribution >= 0.6 is 11.3 Å². The smallest absolute Gasteiger partial charge is 0.412 e. The van der Waals surface area contributed by atoms with Crippen LogP contribution in [0.5, 0.6) is 0 Å². The largest absolute Gasteiger partial charge is 0.444 e. The van der Waals surface area contributed by atoms with Crippen LogP contribution in [0.25, 0.3) is 0 Å². The molecule has 1 heterocycles. The average molecular weight is 343 g/mol. The molecule has 1 aliphatic carbocycles. The maximum atomic E-state index is 13.0. The quantitative estimate of drug-likeness (QED) is 0.813. The van der Waals surface area contributed by atoms with Gasteiger partial charge in [-0.2, -0.15) is 0 Å². The second-order valence-corrected chi connectivity index (χ2v) is 7.99. The van der Waals surface area contributed by atoms with Crippen LogP contribution < -0.4 is 5.32 Å². The highest BCUT2D eigenvalue weighted by Crippen LogP contribution is 2.40. The minimum Gasteiger partial charge on any atom is -0.444 e. The molecule has 4 nitrogen and oxygen atoms in total. The lowest BCUT2D eigenvalue weighted by molar-refractivity contribution is 0.0636. The highest BCUT2D eigenvalue weighted by molar-refractivity contribution is 7.17. The Hall–Kier alpha value is -2.14. The van der Waals surface area contributed by atoms with Crippen molar-refractivity contribution in [1.29, 1.82) is 0 Å². The van der Waals surface area contributed by atoms with Crippen molar-refractivity contribution in [3.8, 4) is 0 Å². The van der Waals surface area contributed by atoms with E-state index >= 15 is 0 Å². The molecule has 1 amide bonds. The Balaban J connectivity index is 1.93. The minimum absolute atomic E-state index is 0.0407. The first-order valence-electron chi connectivity index (χ1n) is 8.09. The van der Waals surface area contributed by atoms with E-state index in [0.29, 0.717) is 16.1 Å². The number of nitrogens with one attached hydrogen (secondary N) is 1. The van der Waals surface area contributed by atoms with E-state index in [4.69, 9.17) is 4.74 Å². The summed E-state index contributed by atoms with van der Waals surface area (Å²) in [6.45, 7) is 5.45. The molecule has 1 aromatic carbocycles. The van der Waals surface area contributed by atoms with Gasteiger partial charge < -0.3 is 4.74 Å². The molecule has 0 saturated carbocycles. The molecule has 0 bridgehead atoms. The van der Waals surface area contributed by atoms with E-state index in [1.165, 1.54) is 16.2 Å². The van der Waals surface area contributed by atoms with Gasteiger partial charge in [-0.15, -0.1) is 11.3 Å². The number of carbonyl (C=O) groups excluding carboxylic acids is 2. The zero-order valence-electron chi connectivity index (χ0n) is 14.1. The van der Waals surface area contributed by atoms with Crippen LogP contribution in [0, 0.1) is 0 Å². The highest BCUT2D eigenvalue weighted by Gasteiger charge is 2.28. The highest BCUT2D eigenvalue weighted by atomic mass is 32.1. The molecule has 0 unspecified atom stereocenters. The maximum absolute atomic E-state index is 13.0. The van der Waals surface area contributed by atoms with E-state index < -0.39 is 11.7 Å². The summed E-state index contributed by atoms with van der Waals surface area (Å²) in [5.74, 6) is -0.0407. The second kappa shape index (κ2) is 6.40. The molecular weight excluding hydrogens is 322 g/mol. The van der Waals surface area contributed by atoms with E-state index in [1.807, 2.05) is 39.0 Å². The summed E-state index contributed by atoms with van der Waals surface area (Å²) in [6.07, 6.45) is 2.38. The van der Waals surface area contributed by atoms with E-state index in [9.17, 15) is 9.59 Å². The number of amides is 1. The molecule has 5 heteroatoms. The topological polar surface area (TPSA) is 55.4 Å². The number of thiophene rings is 1. The van der Waals surface area contributed by atoms with Gasteiger partial charge in [-0.1, -0.05) is 30.3 Å². The summed E-state index contributed by atoms with van der Waals surface area (Å²) >= 11 is 1.49. The van der Waals surface area contributed by atoms with E-state index in [1.54, 1.807) is 12.1 Å². The van der Waals surface area contributed by atoms with Crippen molar-refractivity contribution in [3.63, 3.8) is 0 Å². The number of aryl methyl sites for hydroxylation is 1. The molecule has 1 aliphatic rings. The molecular formula is C19H21NO3S. The summed E-state index contributed by atoms with van der Waals surface area (Å²) < 4.78 is 5.33. The summed E-state index contributed by atoms with van der Waals surface area (Å²) in [5, 5.41) is 3.38. The number of hydrogen-bond acceptors (Lipinski definition) is 4. The molecule has 2 aromatic rings. The van der Waals surface area contributed by atoms with Crippen molar-refractivity contribution in [1.82, 2.24) is 0 Å². The summed E-state index contributed by atoms with van der Waals surface area (Å²) in [4.78, 5) is 26.3. The number of carbonyl (C=O) groups is 2. The molecule has 1 N–H and O–H groups in total.